The van der Waals surface area contributed by atoms with Crippen LogP contribution in [0, 0.1) is 10.1 Å². The highest BCUT2D eigenvalue weighted by Crippen LogP contribution is 2.35. The predicted molar refractivity (Wildman–Crippen MR) is 122 cm³/mol. The van der Waals surface area contributed by atoms with Gasteiger partial charge in [0.25, 0.3) is 5.69 Å². The monoisotopic (exact) mass is 416 g/mol. The lowest BCUT2D eigenvalue weighted by molar-refractivity contribution is -0.385. The molecule has 0 radical (unpaired) electrons. The van der Waals surface area contributed by atoms with Gasteiger partial charge in [-0.1, -0.05) is 42.5 Å². The maximum atomic E-state index is 11.1. The van der Waals surface area contributed by atoms with Gasteiger partial charge in [0.05, 0.1) is 36.1 Å². The van der Waals surface area contributed by atoms with E-state index in [1.165, 1.54) is 29.1 Å². The molecule has 0 N–H and O–H groups in total. The van der Waals surface area contributed by atoms with Crippen LogP contribution in [0.3, 0.4) is 0 Å². The van der Waals surface area contributed by atoms with E-state index >= 15 is 0 Å². The maximum absolute atomic E-state index is 11.1. The second-order valence-electron chi connectivity index (χ2n) is 7.36. The zero-order chi connectivity index (χ0) is 21.5. The Morgan fingerprint density at radius 3 is 2.42 bits per heavy atom. The minimum Gasteiger partial charge on any atom is -0.378 e. The molecule has 2 aromatic carbocycles. The summed E-state index contributed by atoms with van der Waals surface area (Å²) in [6, 6.07) is 16.8. The third-order valence-corrected chi connectivity index (χ3v) is 5.35. The fourth-order valence-corrected chi connectivity index (χ4v) is 3.88. The fraction of sp³-hybridized carbons (Fsp3) is 0.250. The van der Waals surface area contributed by atoms with E-state index in [9.17, 15) is 10.1 Å². The zero-order valence-electron chi connectivity index (χ0n) is 17.2. The predicted octanol–water partition coefficient (Wildman–Crippen LogP) is 4.46. The van der Waals surface area contributed by atoms with Crippen LogP contribution in [0.4, 0.5) is 5.69 Å². The van der Waals surface area contributed by atoms with Crippen LogP contribution < -0.4 is 0 Å². The molecule has 7 heteroatoms. The molecule has 0 aromatic heterocycles. The third-order valence-electron chi connectivity index (χ3n) is 5.35. The molecule has 4 rings (SSSR count). The van der Waals surface area contributed by atoms with Crippen LogP contribution >= 0.6 is 0 Å². The van der Waals surface area contributed by atoms with Crippen molar-refractivity contribution >= 4 is 24.2 Å². The summed E-state index contributed by atoms with van der Waals surface area (Å²) in [4.78, 5) is 13.1. The average molecular weight is 416 g/mol. The molecule has 0 spiro atoms. The van der Waals surface area contributed by atoms with Gasteiger partial charge in [0.15, 0.2) is 0 Å². The van der Waals surface area contributed by atoms with E-state index < -0.39 is 4.92 Å². The minimum absolute atomic E-state index is 0.0172. The largest absolute Gasteiger partial charge is 0.378 e. The molecular formula is C24H24N4O3. The van der Waals surface area contributed by atoms with Crippen LogP contribution in [-0.2, 0) is 4.74 Å². The second-order valence-corrected chi connectivity index (χ2v) is 7.36. The number of rotatable bonds is 6. The van der Waals surface area contributed by atoms with Crippen LogP contribution in [0.1, 0.15) is 24.0 Å². The zero-order valence-corrected chi connectivity index (χ0v) is 17.2. The summed E-state index contributed by atoms with van der Waals surface area (Å²) < 4.78 is 5.53. The van der Waals surface area contributed by atoms with E-state index in [2.05, 4.69) is 33.3 Å². The van der Waals surface area contributed by atoms with E-state index in [1.807, 2.05) is 18.2 Å². The SMILES string of the molecule is O=[N+]([O-])c1ccccc1C=NN=CC1=C(N2CCOCC2)/C(=C\c2ccccc2)CC1. The summed E-state index contributed by atoms with van der Waals surface area (Å²) in [5.41, 5.74) is 5.25. The smallest absolute Gasteiger partial charge is 0.278 e. The summed E-state index contributed by atoms with van der Waals surface area (Å²) in [5.74, 6) is 0. The maximum Gasteiger partial charge on any atom is 0.278 e. The Morgan fingerprint density at radius 1 is 0.935 bits per heavy atom. The first kappa shape index (κ1) is 20.7. The van der Waals surface area contributed by atoms with Crippen molar-refractivity contribution < 1.29 is 9.66 Å². The fourth-order valence-electron chi connectivity index (χ4n) is 3.88. The van der Waals surface area contributed by atoms with Gasteiger partial charge in [0, 0.05) is 24.9 Å². The van der Waals surface area contributed by atoms with Gasteiger partial charge in [-0.05, 0) is 41.7 Å². The normalized spacial score (nSPS) is 18.6. The van der Waals surface area contributed by atoms with Gasteiger partial charge in [-0.2, -0.15) is 10.2 Å². The van der Waals surface area contributed by atoms with Gasteiger partial charge >= 0.3 is 0 Å². The molecule has 0 saturated carbocycles. The van der Waals surface area contributed by atoms with E-state index in [-0.39, 0.29) is 5.69 Å². The summed E-state index contributed by atoms with van der Waals surface area (Å²) in [7, 11) is 0. The minimum atomic E-state index is -0.415. The number of morpholine rings is 1. The van der Waals surface area contributed by atoms with Crippen molar-refractivity contribution in [2.24, 2.45) is 10.2 Å². The van der Waals surface area contributed by atoms with Crippen LogP contribution in [-0.4, -0.2) is 48.6 Å². The van der Waals surface area contributed by atoms with Crippen LogP contribution in [0.5, 0.6) is 0 Å². The average Bonchev–Trinajstić information content (AvgIpc) is 3.20. The first-order valence-electron chi connectivity index (χ1n) is 10.3. The molecule has 1 aliphatic carbocycles. The number of hydrogen-bond acceptors (Lipinski definition) is 6. The topological polar surface area (TPSA) is 80.3 Å². The lowest BCUT2D eigenvalue weighted by Gasteiger charge is -2.31. The summed E-state index contributed by atoms with van der Waals surface area (Å²) >= 11 is 0. The number of benzene rings is 2. The third kappa shape index (κ3) is 5.13. The summed E-state index contributed by atoms with van der Waals surface area (Å²) in [6.07, 6.45) is 7.27. The van der Waals surface area contributed by atoms with Crippen LogP contribution in [0.25, 0.3) is 6.08 Å². The van der Waals surface area contributed by atoms with Gasteiger partial charge < -0.3 is 9.64 Å². The van der Waals surface area contributed by atoms with Crippen LogP contribution in [0.2, 0.25) is 0 Å². The van der Waals surface area contributed by atoms with E-state index in [0.717, 1.165) is 31.5 Å². The molecule has 0 bridgehead atoms. The highest BCUT2D eigenvalue weighted by molar-refractivity contribution is 5.87. The number of nitro benzene ring substituents is 1. The number of hydrogen-bond donors (Lipinski definition) is 0. The molecule has 1 heterocycles. The molecule has 0 unspecified atom stereocenters. The molecule has 0 atom stereocenters. The van der Waals surface area contributed by atoms with Gasteiger partial charge in [0.2, 0.25) is 0 Å². The summed E-state index contributed by atoms with van der Waals surface area (Å²) in [6.45, 7) is 3.11. The molecule has 7 nitrogen and oxygen atoms in total. The molecule has 0 amide bonds. The van der Waals surface area contributed by atoms with Crippen LogP contribution in [0.15, 0.2) is 81.6 Å². The Hall–Kier alpha value is -3.58. The Kier molecular flexibility index (Phi) is 6.64. The molecule has 2 aromatic rings. The lowest BCUT2D eigenvalue weighted by Crippen LogP contribution is -2.36. The molecule has 1 aliphatic heterocycles. The van der Waals surface area contributed by atoms with Gasteiger partial charge in [-0.25, -0.2) is 0 Å². The first-order chi connectivity index (χ1) is 15.2. The van der Waals surface area contributed by atoms with Crippen molar-refractivity contribution in [1.82, 2.24) is 4.90 Å². The van der Waals surface area contributed by atoms with E-state index in [4.69, 9.17) is 4.74 Å². The molecule has 31 heavy (non-hydrogen) atoms. The van der Waals surface area contributed by atoms with Gasteiger partial charge in [-0.3, -0.25) is 10.1 Å². The van der Waals surface area contributed by atoms with Crippen molar-refractivity contribution in [3.05, 3.63) is 92.7 Å². The Morgan fingerprint density at radius 2 is 1.65 bits per heavy atom. The van der Waals surface area contributed by atoms with Gasteiger partial charge in [-0.15, -0.1) is 0 Å². The summed E-state index contributed by atoms with van der Waals surface area (Å²) in [5, 5.41) is 19.4. The van der Waals surface area contributed by atoms with Crippen molar-refractivity contribution in [3.63, 3.8) is 0 Å². The van der Waals surface area contributed by atoms with Crippen molar-refractivity contribution in [3.8, 4) is 0 Å². The Labute approximate surface area is 181 Å². The number of nitrogens with zero attached hydrogens (tertiary/aromatic N) is 4. The molecule has 2 aliphatic rings. The van der Waals surface area contributed by atoms with Crippen molar-refractivity contribution in [2.75, 3.05) is 26.3 Å². The standard InChI is InChI=1S/C24H24N4O3/c29-28(30)23-9-5-4-8-21(23)17-25-26-18-22-11-10-20(16-19-6-2-1-3-7-19)24(22)27-12-14-31-15-13-27/h1-9,16-18H,10-15H2/b20-16-,25-17?,26-18?. The molecular weight excluding hydrogens is 392 g/mol. The quantitative estimate of drug-likeness (QED) is 0.395. The Bertz CT molecular complexity index is 1050. The highest BCUT2D eigenvalue weighted by Gasteiger charge is 2.25. The highest BCUT2D eigenvalue weighted by atomic mass is 16.6. The van der Waals surface area contributed by atoms with Crippen molar-refractivity contribution in [2.45, 2.75) is 12.8 Å². The van der Waals surface area contributed by atoms with E-state index in [1.54, 1.807) is 24.4 Å². The number of ether oxygens (including phenoxy) is 1. The lowest BCUT2D eigenvalue weighted by atomic mass is 10.1. The molecule has 1 fully saturated rings. The number of para-hydroxylation sites is 1. The number of allylic oxidation sites excluding steroid dienone is 2. The Balaban J connectivity index is 1.60. The second kappa shape index (κ2) is 9.95. The van der Waals surface area contributed by atoms with Crippen molar-refractivity contribution in [1.29, 1.82) is 0 Å². The van der Waals surface area contributed by atoms with E-state index in [0.29, 0.717) is 18.8 Å². The molecule has 158 valence electrons. The number of nitro groups is 1. The molecule has 1 saturated heterocycles. The van der Waals surface area contributed by atoms with Gasteiger partial charge in [0.1, 0.15) is 0 Å². The first-order valence-corrected chi connectivity index (χ1v) is 10.3.